The summed E-state index contributed by atoms with van der Waals surface area (Å²) in [5.74, 6) is -4.49. The number of pyridine rings is 1. The van der Waals surface area contributed by atoms with E-state index in [1.54, 1.807) is 58.3 Å². The summed E-state index contributed by atoms with van der Waals surface area (Å²) in [5, 5.41) is 11.5. The second-order valence-corrected chi connectivity index (χ2v) is 18.0. The van der Waals surface area contributed by atoms with Crippen LogP contribution in [0, 0.1) is 30.6 Å². The van der Waals surface area contributed by atoms with Gasteiger partial charge in [0.2, 0.25) is 5.88 Å². The third-order valence-electron chi connectivity index (χ3n) is 13.5. The summed E-state index contributed by atoms with van der Waals surface area (Å²) in [6.07, 6.45) is 0.668. The molecule has 13 atom stereocenters. The smallest absolute Gasteiger partial charge is 0.410 e. The Morgan fingerprint density at radius 1 is 0.967 bits per heavy atom. The van der Waals surface area contributed by atoms with Gasteiger partial charge in [0.25, 0.3) is 0 Å². The van der Waals surface area contributed by atoms with Gasteiger partial charge in [0.1, 0.15) is 23.9 Å². The molecule has 2 aromatic rings. The first-order valence-electron chi connectivity index (χ1n) is 21.7. The SMILES string of the molecule is CC[C@@H]1OC(=O)[C@H](C)C(=O)[C@H](C)C(OC2O[C@H](C)C[C@H](N(C)C)[C@H]2O)[C@@](C)(OC)C[C@@H](C)C(=O)[C@@H](C)[C@H]2N(CCCCn3cnc(-c4ccc(OC)nc4)c3C)C(=O)O[C@]12C. The number of hydrogen-bond donors (Lipinski definition) is 1. The number of cyclic esters (lactones) is 1. The number of ketones is 2. The lowest BCUT2D eigenvalue weighted by Crippen LogP contribution is -2.60. The fourth-order valence-electron chi connectivity index (χ4n) is 9.87. The number of methoxy groups -OCH3 is 2. The number of esters is 1. The van der Waals surface area contributed by atoms with Gasteiger partial charge in [0.05, 0.1) is 43.0 Å². The van der Waals surface area contributed by atoms with Crippen molar-refractivity contribution >= 4 is 23.6 Å². The van der Waals surface area contributed by atoms with Gasteiger partial charge in [-0.05, 0) is 86.9 Å². The zero-order valence-corrected chi connectivity index (χ0v) is 38.4. The number of aliphatic hydroxyl groups is 1. The fraction of sp³-hybridized carbons (Fsp3) is 0.733. The normalized spacial score (nSPS) is 35.5. The van der Waals surface area contributed by atoms with E-state index in [4.69, 9.17) is 28.4 Å². The second kappa shape index (κ2) is 19.6. The third kappa shape index (κ3) is 9.83. The van der Waals surface area contributed by atoms with Crippen molar-refractivity contribution in [3.8, 4) is 17.1 Å². The van der Waals surface area contributed by atoms with Crippen LogP contribution in [0.5, 0.6) is 5.88 Å². The summed E-state index contributed by atoms with van der Waals surface area (Å²) in [4.78, 5) is 69.5. The number of nitrogens with zero attached hydrogens (tertiary/aromatic N) is 5. The van der Waals surface area contributed by atoms with E-state index in [0.29, 0.717) is 31.7 Å². The maximum Gasteiger partial charge on any atom is 0.410 e. The highest BCUT2D eigenvalue weighted by Gasteiger charge is 2.60. The first kappa shape index (κ1) is 48.1. The molecule has 0 aromatic carbocycles. The molecule has 0 spiro atoms. The number of ether oxygens (including phenoxy) is 6. The van der Waals surface area contributed by atoms with Gasteiger partial charge < -0.3 is 47.9 Å². The molecule has 3 fully saturated rings. The molecule has 3 saturated heterocycles. The van der Waals surface area contributed by atoms with Gasteiger partial charge in [-0.3, -0.25) is 14.4 Å². The molecule has 1 N–H and O–H groups in total. The number of amides is 1. The zero-order chi connectivity index (χ0) is 45.1. The molecule has 1 amide bonds. The van der Waals surface area contributed by atoms with Crippen LogP contribution in [0.25, 0.3) is 11.3 Å². The van der Waals surface area contributed by atoms with Crippen LogP contribution in [-0.2, 0) is 44.6 Å². The van der Waals surface area contributed by atoms with E-state index in [0.717, 1.165) is 17.0 Å². The van der Waals surface area contributed by atoms with Gasteiger partial charge in [0, 0.05) is 67.5 Å². The molecule has 3 aliphatic rings. The van der Waals surface area contributed by atoms with Crippen molar-refractivity contribution in [2.45, 2.75) is 155 Å². The minimum atomic E-state index is -1.42. The lowest BCUT2D eigenvalue weighted by molar-refractivity contribution is -0.295. The van der Waals surface area contributed by atoms with Gasteiger partial charge >= 0.3 is 12.1 Å². The summed E-state index contributed by atoms with van der Waals surface area (Å²) >= 11 is 0. The Hall–Kier alpha value is -3.96. The Morgan fingerprint density at radius 2 is 1.66 bits per heavy atom. The summed E-state index contributed by atoms with van der Waals surface area (Å²) in [7, 11) is 6.81. The predicted octanol–water partition coefficient (Wildman–Crippen LogP) is 5.25. The largest absolute Gasteiger partial charge is 0.481 e. The second-order valence-electron chi connectivity index (χ2n) is 18.0. The van der Waals surface area contributed by atoms with Gasteiger partial charge in [-0.2, -0.15) is 0 Å². The highest BCUT2D eigenvalue weighted by atomic mass is 16.7. The monoisotopic (exact) mass is 855 g/mol. The number of unbranched alkanes of at least 4 members (excludes halogenated alkanes) is 1. The maximum atomic E-state index is 14.8. The van der Waals surface area contributed by atoms with Crippen molar-refractivity contribution in [3.63, 3.8) is 0 Å². The first-order valence-corrected chi connectivity index (χ1v) is 21.7. The molecule has 0 aliphatic carbocycles. The molecule has 61 heavy (non-hydrogen) atoms. The van der Waals surface area contributed by atoms with Gasteiger partial charge in [-0.25, -0.2) is 14.8 Å². The molecule has 5 heterocycles. The minimum absolute atomic E-state index is 0.123. The Morgan fingerprint density at radius 3 is 2.26 bits per heavy atom. The van der Waals surface area contributed by atoms with Crippen LogP contribution < -0.4 is 4.74 Å². The zero-order valence-electron chi connectivity index (χ0n) is 38.4. The number of fused-ring (bicyclic) bond motifs is 1. The predicted molar refractivity (Wildman–Crippen MR) is 226 cm³/mol. The molecule has 16 nitrogen and oxygen atoms in total. The van der Waals surface area contributed by atoms with E-state index in [9.17, 15) is 24.3 Å². The average Bonchev–Trinajstić information content (AvgIpc) is 3.73. The summed E-state index contributed by atoms with van der Waals surface area (Å²) in [5.41, 5.74) is -0.0333. The summed E-state index contributed by atoms with van der Waals surface area (Å²) in [6, 6.07) is 2.62. The molecule has 0 radical (unpaired) electrons. The van der Waals surface area contributed by atoms with Crippen molar-refractivity contribution < 1.29 is 52.7 Å². The molecule has 5 rings (SSSR count). The van der Waals surface area contributed by atoms with Crippen molar-refractivity contribution in [1.29, 1.82) is 0 Å². The molecule has 0 saturated carbocycles. The Kier molecular flexibility index (Phi) is 15.5. The highest BCUT2D eigenvalue weighted by molar-refractivity contribution is 6.00. The average molecular weight is 856 g/mol. The standard InChI is InChI=1S/C45H69N5O11/c1-14-33-45(9)39(50(43(55)61-45)20-16-15-19-49-24-47-35(30(49)7)31-17-18-34(56-12)46-23-31)27(4)36(51)25(2)22-44(8,57-13)40(28(5)37(52)29(6)41(54)59-33)60-42-38(53)32(48(10)11)21-26(3)58-42/h17-18,23-29,32-33,38-40,42,53H,14-16,19-22H2,1-13H3/t25-,26-,27-,28+,29-,32+,33+,38-,39-,40?,42?,44+,45-/m1/s1. The van der Waals surface area contributed by atoms with Crippen LogP contribution in [0.15, 0.2) is 24.7 Å². The van der Waals surface area contributed by atoms with E-state index in [-0.39, 0.29) is 37.3 Å². The first-order chi connectivity index (χ1) is 28.7. The number of aromatic nitrogens is 3. The van der Waals surface area contributed by atoms with Gasteiger partial charge in [-0.1, -0.05) is 27.7 Å². The number of rotatable bonds is 12. The number of carbonyl (C=O) groups excluding carboxylic acids is 4. The molecule has 2 aromatic heterocycles. The molecule has 0 bridgehead atoms. The van der Waals surface area contributed by atoms with Gasteiger partial charge in [-0.15, -0.1) is 0 Å². The van der Waals surface area contributed by atoms with E-state index < -0.39 is 83.4 Å². The molecule has 2 unspecified atom stereocenters. The number of imidazole rings is 1. The van der Waals surface area contributed by atoms with Gasteiger partial charge in [0.15, 0.2) is 17.7 Å². The Bertz CT molecular complexity index is 1860. The Balaban J connectivity index is 1.43. The Labute approximate surface area is 360 Å². The highest BCUT2D eigenvalue weighted by Crippen LogP contribution is 2.43. The van der Waals surface area contributed by atoms with E-state index >= 15 is 0 Å². The number of carbonyl (C=O) groups is 4. The summed E-state index contributed by atoms with van der Waals surface area (Å²) in [6.45, 7) is 16.9. The van der Waals surface area contributed by atoms with Crippen molar-refractivity contribution in [1.82, 2.24) is 24.3 Å². The van der Waals surface area contributed by atoms with Crippen LogP contribution in [-0.4, -0.2) is 142 Å². The lowest BCUT2D eigenvalue weighted by Gasteiger charge is -2.47. The number of Topliss-reactive ketones (excluding diaryl/α,β-unsaturated/α-hetero) is 2. The van der Waals surface area contributed by atoms with Crippen LogP contribution in [0.3, 0.4) is 0 Å². The number of likely N-dealkylation sites (N-methyl/N-ethyl adjacent to an activating group) is 1. The molecule has 340 valence electrons. The number of hydrogen-bond acceptors (Lipinski definition) is 14. The van der Waals surface area contributed by atoms with Crippen LogP contribution in [0.4, 0.5) is 4.79 Å². The number of aryl methyl sites for hydroxylation is 1. The van der Waals surface area contributed by atoms with E-state index in [1.807, 2.05) is 52.8 Å². The van der Waals surface area contributed by atoms with E-state index in [1.165, 1.54) is 14.0 Å². The van der Waals surface area contributed by atoms with Crippen molar-refractivity contribution in [2.75, 3.05) is 34.9 Å². The van der Waals surface area contributed by atoms with E-state index in [2.05, 4.69) is 14.5 Å². The lowest BCUT2D eigenvalue weighted by atomic mass is 9.73. The third-order valence-corrected chi connectivity index (χ3v) is 13.5. The molecule has 16 heteroatoms. The molecular formula is C45H69N5O11. The quantitative estimate of drug-likeness (QED) is 0.166. The minimum Gasteiger partial charge on any atom is -0.481 e. The molecular weight excluding hydrogens is 787 g/mol. The summed E-state index contributed by atoms with van der Waals surface area (Å²) < 4.78 is 38.5. The van der Waals surface area contributed by atoms with Crippen LogP contribution in [0.1, 0.15) is 93.2 Å². The fourth-order valence-corrected chi connectivity index (χ4v) is 9.87. The topological polar surface area (TPSA) is 181 Å². The van der Waals surface area contributed by atoms with Crippen molar-refractivity contribution in [2.24, 2.45) is 23.7 Å². The maximum absolute atomic E-state index is 14.8. The van der Waals surface area contributed by atoms with Crippen LogP contribution >= 0.6 is 0 Å². The van der Waals surface area contributed by atoms with Crippen molar-refractivity contribution in [3.05, 3.63) is 30.4 Å². The number of aliphatic hydroxyl groups excluding tert-OH is 1. The van der Waals surface area contributed by atoms with Crippen LogP contribution in [0.2, 0.25) is 0 Å². The molecule has 3 aliphatic heterocycles.